The highest BCUT2D eigenvalue weighted by atomic mass is 19.4. The molecule has 1 unspecified atom stereocenters. The Morgan fingerprint density at radius 1 is 1.47 bits per heavy atom. The zero-order valence-corrected chi connectivity index (χ0v) is 10.0. The van der Waals surface area contributed by atoms with Crippen molar-refractivity contribution in [3.05, 3.63) is 29.6 Å². The Morgan fingerprint density at radius 2 is 2.11 bits per heavy atom. The Morgan fingerprint density at radius 3 is 2.58 bits per heavy atom. The predicted octanol–water partition coefficient (Wildman–Crippen LogP) is 2.47. The van der Waals surface area contributed by atoms with Crippen molar-refractivity contribution >= 4 is 11.5 Å². The second-order valence-electron chi connectivity index (χ2n) is 3.96. The Kier molecular flexibility index (Phi) is 4.57. The highest BCUT2D eigenvalue weighted by molar-refractivity contribution is 5.83. The van der Waals surface area contributed by atoms with Gasteiger partial charge in [0.1, 0.15) is 11.7 Å². The fourth-order valence-corrected chi connectivity index (χ4v) is 1.43. The normalized spacial score (nSPS) is 14.3. The van der Waals surface area contributed by atoms with Crippen LogP contribution in [0.3, 0.4) is 0 Å². The molecule has 106 valence electrons. The van der Waals surface area contributed by atoms with Gasteiger partial charge in [0.25, 0.3) is 0 Å². The van der Waals surface area contributed by atoms with Crippen LogP contribution in [0.25, 0.3) is 0 Å². The van der Waals surface area contributed by atoms with Gasteiger partial charge in [0, 0.05) is 12.2 Å². The zero-order valence-electron chi connectivity index (χ0n) is 10.0. The highest BCUT2D eigenvalue weighted by Crippen LogP contribution is 2.27. The van der Waals surface area contributed by atoms with E-state index < -0.39 is 30.3 Å². The van der Waals surface area contributed by atoms with Crippen LogP contribution in [0.5, 0.6) is 0 Å². The monoisotopic (exact) mass is 279 g/mol. The first-order chi connectivity index (χ1) is 8.75. The summed E-state index contributed by atoms with van der Waals surface area (Å²) in [5.41, 5.74) is 5.62. The van der Waals surface area contributed by atoms with Gasteiger partial charge in [-0.15, -0.1) is 0 Å². The summed E-state index contributed by atoms with van der Waals surface area (Å²) in [5.74, 6) is -3.50. The third kappa shape index (κ3) is 4.01. The molecular weight excluding hydrogens is 266 g/mol. The summed E-state index contributed by atoms with van der Waals surface area (Å²) >= 11 is 0. The molecule has 0 aromatic heterocycles. The predicted molar refractivity (Wildman–Crippen MR) is 62.6 cm³/mol. The van der Waals surface area contributed by atoms with Crippen LogP contribution in [0.2, 0.25) is 0 Å². The van der Waals surface area contributed by atoms with Gasteiger partial charge in [-0.25, -0.2) is 4.39 Å². The van der Waals surface area contributed by atoms with Crippen molar-refractivity contribution in [1.29, 1.82) is 0 Å². The standard InChI is InChI=1S/C11H13F4N3O/c1-6-4-7(2-3-9(6)12)17-5-8(10(16)18-19)11(13,14)15/h2-4,8,17,19H,5H2,1H3,(H2,16,18). The molecule has 1 aromatic carbocycles. The van der Waals surface area contributed by atoms with Crippen molar-refractivity contribution in [3.8, 4) is 0 Å². The van der Waals surface area contributed by atoms with Crippen molar-refractivity contribution in [2.24, 2.45) is 16.8 Å². The number of halogens is 4. The first-order valence-electron chi connectivity index (χ1n) is 5.30. The molecule has 8 heteroatoms. The van der Waals surface area contributed by atoms with Gasteiger partial charge in [-0.1, -0.05) is 5.16 Å². The van der Waals surface area contributed by atoms with Gasteiger partial charge >= 0.3 is 6.18 Å². The Labute approximate surface area is 106 Å². The molecule has 1 aromatic rings. The number of nitrogens with zero attached hydrogens (tertiary/aromatic N) is 1. The van der Waals surface area contributed by atoms with Gasteiger partial charge in [-0.2, -0.15) is 13.2 Å². The molecule has 1 rings (SSSR count). The minimum Gasteiger partial charge on any atom is -0.409 e. The Hall–Kier alpha value is -1.99. The number of aryl methyl sites for hydroxylation is 1. The van der Waals surface area contributed by atoms with Crippen molar-refractivity contribution < 1.29 is 22.8 Å². The van der Waals surface area contributed by atoms with Crippen molar-refractivity contribution in [2.75, 3.05) is 11.9 Å². The van der Waals surface area contributed by atoms with E-state index >= 15 is 0 Å². The molecule has 1 atom stereocenters. The van der Waals surface area contributed by atoms with E-state index in [1.807, 2.05) is 0 Å². The minimum atomic E-state index is -4.64. The van der Waals surface area contributed by atoms with E-state index in [9.17, 15) is 17.6 Å². The van der Waals surface area contributed by atoms with Gasteiger partial charge in [0.15, 0.2) is 5.84 Å². The van der Waals surface area contributed by atoms with Crippen molar-refractivity contribution in [1.82, 2.24) is 0 Å². The molecular formula is C11H13F4N3O. The molecule has 19 heavy (non-hydrogen) atoms. The van der Waals surface area contributed by atoms with Crippen molar-refractivity contribution in [3.63, 3.8) is 0 Å². The van der Waals surface area contributed by atoms with Gasteiger partial charge < -0.3 is 16.3 Å². The van der Waals surface area contributed by atoms with E-state index in [4.69, 9.17) is 10.9 Å². The third-order valence-electron chi connectivity index (χ3n) is 2.54. The highest BCUT2D eigenvalue weighted by Gasteiger charge is 2.42. The Balaban J connectivity index is 2.79. The van der Waals surface area contributed by atoms with E-state index in [1.54, 1.807) is 0 Å². The summed E-state index contributed by atoms with van der Waals surface area (Å²) in [6.45, 7) is 0.885. The molecule has 0 aliphatic rings. The molecule has 0 bridgehead atoms. The molecule has 0 spiro atoms. The molecule has 0 heterocycles. The molecule has 0 amide bonds. The van der Waals surface area contributed by atoms with E-state index in [1.165, 1.54) is 19.1 Å². The molecule has 0 fully saturated rings. The first kappa shape index (κ1) is 15.1. The molecule has 0 aliphatic carbocycles. The molecule has 0 saturated carbocycles. The van der Waals surface area contributed by atoms with E-state index in [0.29, 0.717) is 11.3 Å². The summed E-state index contributed by atoms with van der Waals surface area (Å²) in [5, 5.41) is 13.2. The number of hydrogen-bond donors (Lipinski definition) is 3. The third-order valence-corrected chi connectivity index (χ3v) is 2.54. The minimum absolute atomic E-state index is 0.303. The Bertz CT molecular complexity index is 473. The molecule has 0 aliphatic heterocycles. The van der Waals surface area contributed by atoms with E-state index in [2.05, 4.69) is 10.5 Å². The smallest absolute Gasteiger partial charge is 0.400 e. The fourth-order valence-electron chi connectivity index (χ4n) is 1.43. The second-order valence-corrected chi connectivity index (χ2v) is 3.96. The van der Waals surface area contributed by atoms with Crippen molar-refractivity contribution in [2.45, 2.75) is 13.1 Å². The number of nitrogens with two attached hydrogens (primary N) is 1. The molecule has 4 nitrogen and oxygen atoms in total. The molecule has 0 radical (unpaired) electrons. The summed E-state index contributed by atoms with van der Waals surface area (Å²) in [6.07, 6.45) is -4.64. The van der Waals surface area contributed by atoms with Crippen LogP contribution < -0.4 is 11.1 Å². The lowest BCUT2D eigenvalue weighted by molar-refractivity contribution is -0.152. The van der Waals surface area contributed by atoms with Gasteiger partial charge in [-0.3, -0.25) is 0 Å². The lowest BCUT2D eigenvalue weighted by Gasteiger charge is -2.20. The lowest BCUT2D eigenvalue weighted by Crippen LogP contribution is -2.40. The van der Waals surface area contributed by atoms with Gasteiger partial charge in [0.2, 0.25) is 0 Å². The van der Waals surface area contributed by atoms with Crippen LogP contribution in [0.4, 0.5) is 23.2 Å². The maximum atomic E-state index is 13.0. The van der Waals surface area contributed by atoms with Crippen LogP contribution >= 0.6 is 0 Å². The molecule has 0 saturated heterocycles. The van der Waals surface area contributed by atoms with Crippen LogP contribution in [-0.4, -0.2) is 23.8 Å². The van der Waals surface area contributed by atoms with Crippen LogP contribution in [-0.2, 0) is 0 Å². The number of rotatable bonds is 4. The quantitative estimate of drug-likeness (QED) is 0.261. The number of oxime groups is 1. The number of nitrogens with one attached hydrogen (secondary N) is 1. The average molecular weight is 279 g/mol. The lowest BCUT2D eigenvalue weighted by atomic mass is 10.1. The summed E-state index contributed by atoms with van der Waals surface area (Å²) in [4.78, 5) is 0. The maximum Gasteiger partial charge on any atom is 0.400 e. The zero-order chi connectivity index (χ0) is 14.6. The van der Waals surface area contributed by atoms with E-state index in [0.717, 1.165) is 6.07 Å². The van der Waals surface area contributed by atoms with Crippen LogP contribution in [0, 0.1) is 18.7 Å². The summed E-state index contributed by atoms with van der Waals surface area (Å²) in [6, 6.07) is 3.82. The largest absolute Gasteiger partial charge is 0.409 e. The van der Waals surface area contributed by atoms with Crippen LogP contribution in [0.15, 0.2) is 23.4 Å². The first-order valence-corrected chi connectivity index (χ1v) is 5.30. The number of benzene rings is 1. The number of hydrogen-bond acceptors (Lipinski definition) is 3. The number of amidine groups is 1. The number of anilines is 1. The second kappa shape index (κ2) is 5.77. The average Bonchev–Trinajstić information content (AvgIpc) is 2.31. The number of alkyl halides is 3. The molecule has 4 N–H and O–H groups in total. The summed E-state index contributed by atoms with van der Waals surface area (Å²) in [7, 11) is 0. The maximum absolute atomic E-state index is 13.0. The van der Waals surface area contributed by atoms with Gasteiger partial charge in [0.05, 0.1) is 0 Å². The van der Waals surface area contributed by atoms with Gasteiger partial charge in [-0.05, 0) is 30.7 Å². The topological polar surface area (TPSA) is 70.6 Å². The van der Waals surface area contributed by atoms with Crippen LogP contribution in [0.1, 0.15) is 5.56 Å². The summed E-state index contributed by atoms with van der Waals surface area (Å²) < 4.78 is 50.9. The fraction of sp³-hybridized carbons (Fsp3) is 0.364. The SMILES string of the molecule is Cc1cc(NCC(/C(N)=N/O)C(F)(F)F)ccc1F. The van der Waals surface area contributed by atoms with E-state index in [-0.39, 0.29) is 0 Å².